The van der Waals surface area contributed by atoms with Gasteiger partial charge in [0.1, 0.15) is 16.5 Å². The molecule has 0 aliphatic carbocycles. The number of carbonyl (C=O) groups is 2. The lowest BCUT2D eigenvalue weighted by Crippen LogP contribution is -2.28. The number of anilines is 1. The van der Waals surface area contributed by atoms with Crippen molar-refractivity contribution in [3.8, 4) is 17.3 Å². The summed E-state index contributed by atoms with van der Waals surface area (Å²) < 4.78 is 50.2. The van der Waals surface area contributed by atoms with Gasteiger partial charge in [-0.1, -0.05) is 33.8 Å². The van der Waals surface area contributed by atoms with Crippen LogP contribution in [-0.2, 0) is 14.8 Å². The van der Waals surface area contributed by atoms with Crippen molar-refractivity contribution in [2.45, 2.75) is 45.9 Å². The zero-order valence-electron chi connectivity index (χ0n) is 21.8. The predicted octanol–water partition coefficient (Wildman–Crippen LogP) is 4.73. The summed E-state index contributed by atoms with van der Waals surface area (Å²) in [5.74, 6) is -2.71. The number of hydrogen-bond acceptors (Lipinski definition) is 6. The van der Waals surface area contributed by atoms with Crippen molar-refractivity contribution >= 4 is 27.6 Å². The third kappa shape index (κ3) is 6.56. The normalized spacial score (nSPS) is 12.4. The minimum absolute atomic E-state index is 0.0113. The van der Waals surface area contributed by atoms with Gasteiger partial charge in [0, 0.05) is 23.7 Å². The molecule has 0 aliphatic heterocycles. The van der Waals surface area contributed by atoms with E-state index in [9.17, 15) is 27.5 Å². The molecule has 0 saturated carbocycles. The summed E-state index contributed by atoms with van der Waals surface area (Å²) in [6.45, 7) is 8.91. The van der Waals surface area contributed by atoms with E-state index < -0.39 is 21.8 Å². The molecular weight excluding hydrogens is 515 g/mol. The number of halogens is 1. The van der Waals surface area contributed by atoms with Crippen LogP contribution >= 0.6 is 0 Å². The van der Waals surface area contributed by atoms with Crippen molar-refractivity contribution in [3.63, 3.8) is 0 Å². The Kier molecular flexibility index (Phi) is 8.89. The lowest BCUT2D eigenvalue weighted by molar-refractivity contribution is -0.119. The standard InChI is InChI=1S/C26H31FN4O6S/c1-6-16(4)24(32)29-19-10-11-21(22(13-19)38(35,36)28-14-15(2)3)37-25-17(5)23(26(33)34)30-31(25)20-9-7-8-18(27)12-20/h7-13,15-16,28H,6,14H2,1-5H3,(H,29,32)(H,33,34)/t16-/m1/s1. The average molecular weight is 547 g/mol. The predicted molar refractivity (Wildman–Crippen MR) is 140 cm³/mol. The van der Waals surface area contributed by atoms with Crippen molar-refractivity contribution in [1.82, 2.24) is 14.5 Å². The smallest absolute Gasteiger partial charge is 0.356 e. The summed E-state index contributed by atoms with van der Waals surface area (Å²) in [5, 5.41) is 16.4. The fourth-order valence-electron chi connectivity index (χ4n) is 3.38. The molecule has 204 valence electrons. The number of rotatable bonds is 11. The molecule has 1 atom stereocenters. The van der Waals surface area contributed by atoms with E-state index in [1.165, 1.54) is 43.3 Å². The van der Waals surface area contributed by atoms with E-state index in [2.05, 4.69) is 15.1 Å². The van der Waals surface area contributed by atoms with Crippen LogP contribution in [0.2, 0.25) is 0 Å². The van der Waals surface area contributed by atoms with Gasteiger partial charge in [-0.3, -0.25) is 4.79 Å². The number of nitrogens with one attached hydrogen (secondary N) is 2. The molecule has 2 aromatic carbocycles. The molecular formula is C26H31FN4O6S. The van der Waals surface area contributed by atoms with Gasteiger partial charge in [-0.05, 0) is 55.7 Å². The average Bonchev–Trinajstić information content (AvgIpc) is 3.19. The largest absolute Gasteiger partial charge is 0.476 e. The Hall–Kier alpha value is -3.77. The van der Waals surface area contributed by atoms with Crippen LogP contribution in [0, 0.1) is 24.6 Å². The maximum absolute atomic E-state index is 14.0. The second kappa shape index (κ2) is 11.7. The van der Waals surface area contributed by atoms with Crippen LogP contribution in [0.1, 0.15) is 50.2 Å². The number of nitrogens with zero attached hydrogens (tertiary/aromatic N) is 2. The van der Waals surface area contributed by atoms with Gasteiger partial charge in [-0.2, -0.15) is 9.78 Å². The van der Waals surface area contributed by atoms with Crippen molar-refractivity contribution in [1.29, 1.82) is 0 Å². The monoisotopic (exact) mass is 546 g/mol. The van der Waals surface area contributed by atoms with Gasteiger partial charge in [-0.25, -0.2) is 22.3 Å². The Labute approximate surface area is 220 Å². The Balaban J connectivity index is 2.15. The molecule has 0 unspecified atom stereocenters. The number of carboxylic acid groups (broad SMARTS) is 1. The van der Waals surface area contributed by atoms with E-state index in [4.69, 9.17) is 4.74 Å². The van der Waals surface area contributed by atoms with E-state index in [0.29, 0.717) is 6.42 Å². The molecule has 38 heavy (non-hydrogen) atoms. The minimum Gasteiger partial charge on any atom is -0.476 e. The van der Waals surface area contributed by atoms with Crippen LogP contribution in [0.5, 0.6) is 11.6 Å². The highest BCUT2D eigenvalue weighted by Crippen LogP contribution is 2.35. The van der Waals surface area contributed by atoms with Crippen LogP contribution < -0.4 is 14.8 Å². The second-order valence-electron chi connectivity index (χ2n) is 9.28. The van der Waals surface area contributed by atoms with E-state index in [0.717, 1.165) is 10.7 Å². The quantitative estimate of drug-likeness (QED) is 0.316. The summed E-state index contributed by atoms with van der Waals surface area (Å²) in [4.78, 5) is 23.9. The second-order valence-corrected chi connectivity index (χ2v) is 11.0. The molecule has 0 fully saturated rings. The first-order valence-corrected chi connectivity index (χ1v) is 13.5. The number of hydrogen-bond donors (Lipinski definition) is 3. The summed E-state index contributed by atoms with van der Waals surface area (Å²) in [5.41, 5.74) is 0.183. The fourth-order valence-corrected chi connectivity index (χ4v) is 4.74. The van der Waals surface area contributed by atoms with Gasteiger partial charge in [-0.15, -0.1) is 0 Å². The number of ether oxygens (including phenoxy) is 1. The Morgan fingerprint density at radius 2 is 1.87 bits per heavy atom. The number of benzene rings is 2. The number of carbonyl (C=O) groups excluding carboxylic acids is 1. The summed E-state index contributed by atoms with van der Waals surface area (Å²) in [7, 11) is -4.13. The topological polar surface area (TPSA) is 140 Å². The molecule has 1 aromatic heterocycles. The maximum atomic E-state index is 14.0. The first-order valence-electron chi connectivity index (χ1n) is 12.0. The van der Waals surface area contributed by atoms with Gasteiger partial charge < -0.3 is 15.2 Å². The Morgan fingerprint density at radius 3 is 2.47 bits per heavy atom. The molecule has 0 bridgehead atoms. The van der Waals surface area contributed by atoms with Gasteiger partial charge in [0.15, 0.2) is 5.69 Å². The SMILES string of the molecule is CC[C@@H](C)C(=O)Nc1ccc(Oc2c(C)c(C(=O)O)nn2-c2cccc(F)c2)c(S(=O)(=O)NCC(C)C)c1. The van der Waals surface area contributed by atoms with Gasteiger partial charge >= 0.3 is 5.97 Å². The summed E-state index contributed by atoms with van der Waals surface area (Å²) in [6, 6.07) is 9.40. The van der Waals surface area contributed by atoms with Gasteiger partial charge in [0.25, 0.3) is 0 Å². The zero-order valence-corrected chi connectivity index (χ0v) is 22.6. The molecule has 3 aromatic rings. The van der Waals surface area contributed by atoms with Crippen LogP contribution in [0.25, 0.3) is 5.69 Å². The summed E-state index contributed by atoms with van der Waals surface area (Å²) in [6.07, 6.45) is 0.601. The highest BCUT2D eigenvalue weighted by atomic mass is 32.2. The van der Waals surface area contributed by atoms with Gasteiger partial charge in [0.05, 0.1) is 5.69 Å². The molecule has 1 heterocycles. The maximum Gasteiger partial charge on any atom is 0.356 e. The molecule has 12 heteroatoms. The van der Waals surface area contributed by atoms with E-state index in [1.54, 1.807) is 6.92 Å². The molecule has 3 rings (SSSR count). The molecule has 10 nitrogen and oxygen atoms in total. The van der Waals surface area contributed by atoms with Gasteiger partial charge in [0.2, 0.25) is 21.8 Å². The van der Waals surface area contributed by atoms with Crippen molar-refractivity contribution < 1.29 is 32.2 Å². The van der Waals surface area contributed by atoms with Crippen LogP contribution in [0.4, 0.5) is 10.1 Å². The molecule has 0 radical (unpaired) electrons. The minimum atomic E-state index is -4.13. The van der Waals surface area contributed by atoms with Crippen molar-refractivity contribution in [2.24, 2.45) is 11.8 Å². The Morgan fingerprint density at radius 1 is 1.16 bits per heavy atom. The molecule has 0 aliphatic rings. The van der Waals surface area contributed by atoms with Crippen LogP contribution in [0.15, 0.2) is 47.4 Å². The molecule has 0 saturated heterocycles. The van der Waals surface area contributed by atoms with E-state index in [1.807, 2.05) is 20.8 Å². The third-order valence-electron chi connectivity index (χ3n) is 5.77. The fraction of sp³-hybridized carbons (Fsp3) is 0.346. The molecule has 0 spiro atoms. The van der Waals surface area contributed by atoms with E-state index in [-0.39, 0.29) is 63.4 Å². The number of carboxylic acids is 1. The lowest BCUT2D eigenvalue weighted by atomic mass is 10.1. The first-order chi connectivity index (χ1) is 17.8. The molecule has 1 amide bonds. The number of aromatic carboxylic acids is 1. The van der Waals surface area contributed by atoms with Crippen molar-refractivity contribution in [3.05, 3.63) is 59.5 Å². The molecule has 3 N–H and O–H groups in total. The highest BCUT2D eigenvalue weighted by molar-refractivity contribution is 7.89. The first kappa shape index (κ1) is 28.8. The van der Waals surface area contributed by atoms with Crippen molar-refractivity contribution in [2.75, 3.05) is 11.9 Å². The number of sulfonamides is 1. The number of aromatic nitrogens is 2. The number of amides is 1. The van der Waals surface area contributed by atoms with E-state index >= 15 is 0 Å². The van der Waals surface area contributed by atoms with Crippen LogP contribution in [-0.4, -0.2) is 41.7 Å². The van der Waals surface area contributed by atoms with Crippen LogP contribution in [0.3, 0.4) is 0 Å². The highest BCUT2D eigenvalue weighted by Gasteiger charge is 2.27. The zero-order chi connectivity index (χ0) is 28.2. The Bertz CT molecular complexity index is 1450. The third-order valence-corrected chi connectivity index (χ3v) is 7.22. The summed E-state index contributed by atoms with van der Waals surface area (Å²) >= 11 is 0. The lowest BCUT2D eigenvalue weighted by Gasteiger charge is -2.17.